The summed E-state index contributed by atoms with van der Waals surface area (Å²) < 4.78 is 30.5. The van der Waals surface area contributed by atoms with Crippen LogP contribution in [0.15, 0.2) is 41.9 Å². The van der Waals surface area contributed by atoms with E-state index in [4.69, 9.17) is 5.48 Å². The zero-order valence-electron chi connectivity index (χ0n) is 11.4. The average Bonchev–Trinajstić information content (AvgIpc) is 2.37. The van der Waals surface area contributed by atoms with Crippen LogP contribution in [0.4, 0.5) is 0 Å². The highest BCUT2D eigenvalue weighted by Gasteiger charge is 2.20. The molecule has 1 unspecified atom stereocenters. The second kappa shape index (κ2) is 4.00. The molecule has 0 spiro atoms. The molecule has 0 amide bonds. The monoisotopic (exact) mass is 193 g/mol. The van der Waals surface area contributed by atoms with Gasteiger partial charge in [0.2, 0.25) is 0 Å². The van der Waals surface area contributed by atoms with E-state index < -0.39 is 12.2 Å². The topological polar surface area (TPSA) is 45.6 Å². The van der Waals surface area contributed by atoms with Gasteiger partial charge in [-0.2, -0.15) is 0 Å². The van der Waals surface area contributed by atoms with Gasteiger partial charge in [0.05, 0.1) is 23.4 Å². The van der Waals surface area contributed by atoms with Crippen molar-refractivity contribution < 1.29 is 5.48 Å². The van der Waals surface area contributed by atoms with Crippen LogP contribution < -0.4 is 0 Å². The van der Waals surface area contributed by atoms with Crippen LogP contribution in [0.25, 0.3) is 0 Å². The van der Waals surface area contributed by atoms with E-state index >= 15 is 0 Å². The lowest BCUT2D eigenvalue weighted by Crippen LogP contribution is -2.25. The van der Waals surface area contributed by atoms with E-state index in [1.165, 1.54) is 5.01 Å². The summed E-state index contributed by atoms with van der Waals surface area (Å²) in [6.45, 7) is 0.309. The Morgan fingerprint density at radius 3 is 3.43 bits per heavy atom. The first-order chi connectivity index (χ1) is 8.56. The highest BCUT2D eigenvalue weighted by Crippen LogP contribution is 2.26. The Morgan fingerprint density at radius 1 is 1.64 bits per heavy atom. The van der Waals surface area contributed by atoms with E-state index in [1.54, 1.807) is 6.08 Å². The molecule has 1 aromatic rings. The standard InChI is InChI=1S/C10H11N3O/c14-12-13-7-2-1-5-10(13)9-4-3-6-11-8-9/h1-4,6,8,10H,5,7H2/i3D,4D,6D,8D. The quantitative estimate of drug-likeness (QED) is 0.533. The largest absolute Gasteiger partial charge is 0.264 e. The van der Waals surface area contributed by atoms with Gasteiger partial charge in [-0.15, -0.1) is 4.91 Å². The number of hydrogen-bond donors (Lipinski definition) is 0. The Kier molecular flexibility index (Phi) is 1.50. The van der Waals surface area contributed by atoms with Gasteiger partial charge in [0.15, 0.2) is 0 Å². The Hall–Kier alpha value is -1.71. The lowest BCUT2D eigenvalue weighted by atomic mass is 10.0. The molecule has 1 aliphatic rings. The first-order valence-corrected chi connectivity index (χ1v) is 4.25. The van der Waals surface area contributed by atoms with Crippen molar-refractivity contribution in [2.24, 2.45) is 5.29 Å². The Labute approximate surface area is 87.8 Å². The summed E-state index contributed by atoms with van der Waals surface area (Å²) in [5.41, 5.74) is 0.181. The van der Waals surface area contributed by atoms with Crippen molar-refractivity contribution in [3.8, 4) is 0 Å². The average molecular weight is 193 g/mol. The fraction of sp³-hybridized carbons (Fsp3) is 0.300. The van der Waals surface area contributed by atoms with E-state index in [0.29, 0.717) is 13.0 Å². The number of aromatic nitrogens is 1. The lowest BCUT2D eigenvalue weighted by molar-refractivity contribution is 0.216. The minimum absolute atomic E-state index is 0.181. The molecule has 0 fully saturated rings. The van der Waals surface area contributed by atoms with Gasteiger partial charge in [-0.1, -0.05) is 18.2 Å². The Balaban J connectivity index is 2.53. The summed E-state index contributed by atoms with van der Waals surface area (Å²) >= 11 is 0. The van der Waals surface area contributed by atoms with Crippen molar-refractivity contribution in [2.75, 3.05) is 6.54 Å². The Morgan fingerprint density at radius 2 is 2.57 bits per heavy atom. The van der Waals surface area contributed by atoms with Crippen molar-refractivity contribution in [1.82, 2.24) is 9.99 Å². The van der Waals surface area contributed by atoms with Crippen LogP contribution in [0.2, 0.25) is 0 Å². The van der Waals surface area contributed by atoms with Crippen molar-refractivity contribution in [3.05, 3.63) is 47.1 Å². The van der Waals surface area contributed by atoms with Crippen molar-refractivity contribution in [3.63, 3.8) is 0 Å². The molecule has 0 radical (unpaired) electrons. The first-order valence-electron chi connectivity index (χ1n) is 6.25. The fourth-order valence-corrected chi connectivity index (χ4v) is 1.41. The van der Waals surface area contributed by atoms with Crippen molar-refractivity contribution >= 4 is 0 Å². The van der Waals surface area contributed by atoms with E-state index in [9.17, 15) is 4.91 Å². The Bertz CT molecular complexity index is 520. The lowest BCUT2D eigenvalue weighted by Gasteiger charge is -2.27. The third-order valence-corrected chi connectivity index (χ3v) is 2.10. The molecule has 1 aromatic heterocycles. The highest BCUT2D eigenvalue weighted by molar-refractivity contribution is 5.16. The predicted molar refractivity (Wildman–Crippen MR) is 53.2 cm³/mol. The number of pyridine rings is 1. The van der Waals surface area contributed by atoms with Crippen LogP contribution in [-0.2, 0) is 0 Å². The van der Waals surface area contributed by atoms with Crippen molar-refractivity contribution in [2.45, 2.75) is 12.5 Å². The molecule has 4 nitrogen and oxygen atoms in total. The third-order valence-electron chi connectivity index (χ3n) is 2.10. The molecule has 2 heterocycles. The number of rotatable bonds is 2. The summed E-state index contributed by atoms with van der Waals surface area (Å²) in [7, 11) is 0. The van der Waals surface area contributed by atoms with Gasteiger partial charge in [0, 0.05) is 12.3 Å². The molecular formula is C10H11N3O. The third kappa shape index (κ3) is 1.64. The normalized spacial score (nSPS) is 24.9. The highest BCUT2D eigenvalue weighted by atomic mass is 16.3. The van der Waals surface area contributed by atoms with E-state index in [-0.39, 0.29) is 23.8 Å². The molecule has 4 heteroatoms. The molecule has 1 aliphatic heterocycles. The predicted octanol–water partition coefficient (Wildman–Crippen LogP) is 2.07. The number of hydrogen-bond acceptors (Lipinski definition) is 3. The molecule has 0 aliphatic carbocycles. The van der Waals surface area contributed by atoms with Crippen LogP contribution in [0.3, 0.4) is 0 Å². The van der Waals surface area contributed by atoms with Gasteiger partial charge in [-0.3, -0.25) is 4.98 Å². The van der Waals surface area contributed by atoms with Crippen LogP contribution in [0.5, 0.6) is 0 Å². The van der Waals surface area contributed by atoms with Crippen LogP contribution in [0, 0.1) is 4.91 Å². The van der Waals surface area contributed by atoms with E-state index in [0.717, 1.165) is 0 Å². The maximum absolute atomic E-state index is 10.7. The minimum atomic E-state index is -0.551. The van der Waals surface area contributed by atoms with Crippen molar-refractivity contribution in [1.29, 1.82) is 0 Å². The summed E-state index contributed by atoms with van der Waals surface area (Å²) in [6, 6.07) is -1.11. The fourth-order valence-electron chi connectivity index (χ4n) is 1.41. The molecule has 0 N–H and O–H groups in total. The van der Waals surface area contributed by atoms with Crippen LogP contribution in [-0.4, -0.2) is 16.5 Å². The zero-order chi connectivity index (χ0) is 13.3. The smallest absolute Gasteiger partial charge is 0.0844 e. The van der Waals surface area contributed by atoms with Gasteiger partial charge >= 0.3 is 0 Å². The molecular weight excluding hydrogens is 178 g/mol. The molecule has 1 atom stereocenters. The second-order valence-electron chi connectivity index (χ2n) is 2.93. The molecule has 14 heavy (non-hydrogen) atoms. The molecule has 0 bridgehead atoms. The van der Waals surface area contributed by atoms with Gasteiger partial charge in [-0.05, 0) is 18.0 Å². The number of nitrogens with zero attached hydrogens (tertiary/aromatic N) is 3. The first kappa shape index (κ1) is 5.24. The summed E-state index contributed by atoms with van der Waals surface area (Å²) in [5.74, 6) is 0. The van der Waals surface area contributed by atoms with Gasteiger partial charge < -0.3 is 0 Å². The molecule has 0 saturated carbocycles. The summed E-state index contributed by atoms with van der Waals surface area (Å²) in [6.07, 6.45) is 3.41. The van der Waals surface area contributed by atoms with Crippen LogP contribution in [0.1, 0.15) is 23.5 Å². The van der Waals surface area contributed by atoms with Gasteiger partial charge in [0.25, 0.3) is 0 Å². The SMILES string of the molecule is [2H]c1nc([2H])c(C2CC=CCN2N=O)c([2H])c1[2H]. The molecule has 72 valence electrons. The summed E-state index contributed by atoms with van der Waals surface area (Å²) in [5, 5.41) is 4.09. The summed E-state index contributed by atoms with van der Waals surface area (Å²) in [4.78, 5) is 14.3. The molecule has 0 aromatic carbocycles. The minimum Gasteiger partial charge on any atom is -0.264 e. The van der Waals surface area contributed by atoms with E-state index in [2.05, 4.69) is 10.3 Å². The van der Waals surface area contributed by atoms with E-state index in [1.807, 2.05) is 6.08 Å². The second-order valence-corrected chi connectivity index (χ2v) is 2.93. The maximum atomic E-state index is 10.7. The van der Waals surface area contributed by atoms with Gasteiger partial charge in [-0.25, -0.2) is 5.01 Å². The molecule has 2 rings (SSSR count). The maximum Gasteiger partial charge on any atom is 0.0844 e. The number of nitroso groups, excluding NO2 is 1. The van der Waals surface area contributed by atoms with Crippen LogP contribution >= 0.6 is 0 Å². The zero-order valence-corrected chi connectivity index (χ0v) is 7.40. The molecule has 0 saturated heterocycles. The van der Waals surface area contributed by atoms with Gasteiger partial charge in [0.1, 0.15) is 0 Å².